The fourth-order valence-corrected chi connectivity index (χ4v) is 0.994. The molecule has 0 saturated carbocycles. The van der Waals surface area contributed by atoms with Crippen molar-refractivity contribution in [2.45, 2.75) is 44.9 Å². The van der Waals surface area contributed by atoms with Crippen molar-refractivity contribution >= 4 is 11.9 Å². The molecule has 0 amide bonds. The van der Waals surface area contributed by atoms with Gasteiger partial charge in [0, 0.05) is 6.42 Å². The van der Waals surface area contributed by atoms with Gasteiger partial charge in [0.25, 0.3) is 0 Å². The molecule has 6 nitrogen and oxygen atoms in total. The van der Waals surface area contributed by atoms with Crippen LogP contribution < -0.4 is 11.5 Å². The Morgan fingerprint density at radius 1 is 1.19 bits per heavy atom. The maximum absolute atomic E-state index is 11.3. The molecule has 0 saturated heterocycles. The van der Waals surface area contributed by atoms with Gasteiger partial charge in [-0.25, -0.2) is 4.79 Å². The van der Waals surface area contributed by atoms with Gasteiger partial charge in [0.15, 0.2) is 5.66 Å². The largest absolute Gasteiger partial charge is 0.467 e. The van der Waals surface area contributed by atoms with Crippen molar-refractivity contribution in [2.24, 2.45) is 11.5 Å². The van der Waals surface area contributed by atoms with Gasteiger partial charge in [-0.3, -0.25) is 4.79 Å². The molecule has 0 aliphatic carbocycles. The zero-order chi connectivity index (χ0) is 13.0. The van der Waals surface area contributed by atoms with Crippen LogP contribution in [0.2, 0.25) is 0 Å². The molecule has 0 aromatic rings. The lowest BCUT2D eigenvalue weighted by Crippen LogP contribution is -2.57. The molecule has 0 aromatic heterocycles. The molecule has 0 atom stereocenters. The molecule has 6 heteroatoms. The second kappa shape index (κ2) is 5.27. The Balaban J connectivity index is 4.15. The van der Waals surface area contributed by atoms with Crippen LogP contribution in [-0.2, 0) is 19.1 Å². The molecule has 0 heterocycles. The summed E-state index contributed by atoms with van der Waals surface area (Å²) in [7, 11) is 1.18. The van der Waals surface area contributed by atoms with Gasteiger partial charge in [-0.15, -0.1) is 0 Å². The standard InChI is InChI=1S/C10H20N2O4/c1-9(2,3)16-7(13)5-6-10(11,12)8(14)15-4/h5-6,11-12H2,1-4H3. The summed E-state index contributed by atoms with van der Waals surface area (Å²) in [5.74, 6) is -1.20. The molecule has 0 aliphatic heterocycles. The minimum absolute atomic E-state index is 0.0193. The fraction of sp³-hybridized carbons (Fsp3) is 0.800. The number of carbonyl (C=O) groups is 2. The van der Waals surface area contributed by atoms with Crippen LogP contribution >= 0.6 is 0 Å². The van der Waals surface area contributed by atoms with E-state index in [2.05, 4.69) is 4.74 Å². The Bertz CT molecular complexity index is 268. The Labute approximate surface area is 95.3 Å². The molecule has 0 spiro atoms. The number of nitrogens with two attached hydrogens (primary N) is 2. The monoisotopic (exact) mass is 232 g/mol. The molecule has 0 bridgehead atoms. The first-order valence-electron chi connectivity index (χ1n) is 4.96. The minimum atomic E-state index is -1.65. The molecule has 0 fully saturated rings. The van der Waals surface area contributed by atoms with Gasteiger partial charge >= 0.3 is 11.9 Å². The van der Waals surface area contributed by atoms with E-state index in [1.54, 1.807) is 20.8 Å². The van der Waals surface area contributed by atoms with E-state index in [0.29, 0.717) is 0 Å². The smallest absolute Gasteiger partial charge is 0.340 e. The second-order valence-electron chi connectivity index (χ2n) is 4.62. The van der Waals surface area contributed by atoms with Crippen LogP contribution in [-0.4, -0.2) is 30.3 Å². The van der Waals surface area contributed by atoms with Crippen LogP contribution in [0.5, 0.6) is 0 Å². The zero-order valence-electron chi connectivity index (χ0n) is 10.2. The van der Waals surface area contributed by atoms with Gasteiger partial charge in [-0.2, -0.15) is 0 Å². The molecule has 0 unspecified atom stereocenters. The summed E-state index contributed by atoms with van der Waals surface area (Å²) >= 11 is 0. The third-order valence-electron chi connectivity index (χ3n) is 1.73. The molecule has 0 rings (SSSR count). The van der Waals surface area contributed by atoms with Gasteiger partial charge in [0.1, 0.15) is 5.60 Å². The average Bonchev–Trinajstić information content (AvgIpc) is 2.11. The van der Waals surface area contributed by atoms with Crippen LogP contribution in [0.1, 0.15) is 33.6 Å². The first kappa shape index (κ1) is 14.9. The van der Waals surface area contributed by atoms with E-state index in [1.165, 1.54) is 7.11 Å². The lowest BCUT2D eigenvalue weighted by atomic mass is 10.1. The van der Waals surface area contributed by atoms with Crippen molar-refractivity contribution in [3.63, 3.8) is 0 Å². The molecular weight excluding hydrogens is 212 g/mol. The van der Waals surface area contributed by atoms with Gasteiger partial charge < -0.3 is 20.9 Å². The van der Waals surface area contributed by atoms with E-state index in [4.69, 9.17) is 16.2 Å². The Morgan fingerprint density at radius 3 is 2.06 bits per heavy atom. The number of hydrogen-bond acceptors (Lipinski definition) is 6. The number of hydrogen-bond donors (Lipinski definition) is 2. The molecule has 0 aliphatic rings. The Morgan fingerprint density at radius 2 is 1.69 bits per heavy atom. The van der Waals surface area contributed by atoms with Crippen LogP contribution in [0, 0.1) is 0 Å². The third kappa shape index (κ3) is 5.67. The van der Waals surface area contributed by atoms with Crippen LogP contribution in [0.4, 0.5) is 0 Å². The first-order chi connectivity index (χ1) is 7.08. The van der Waals surface area contributed by atoms with E-state index in [-0.39, 0.29) is 12.8 Å². The zero-order valence-corrected chi connectivity index (χ0v) is 10.2. The summed E-state index contributed by atoms with van der Waals surface area (Å²) in [4.78, 5) is 22.4. The topological polar surface area (TPSA) is 105 Å². The van der Waals surface area contributed by atoms with Crippen LogP contribution in [0.25, 0.3) is 0 Å². The summed E-state index contributed by atoms with van der Waals surface area (Å²) in [6.45, 7) is 5.26. The number of rotatable bonds is 4. The molecule has 0 aromatic carbocycles. The van der Waals surface area contributed by atoms with Crippen molar-refractivity contribution in [1.29, 1.82) is 0 Å². The average molecular weight is 232 g/mol. The summed E-state index contributed by atoms with van der Waals surface area (Å²) < 4.78 is 9.45. The predicted octanol–water partition coefficient (Wildman–Crippen LogP) is -0.105. The van der Waals surface area contributed by atoms with Gasteiger partial charge in [-0.05, 0) is 27.2 Å². The SMILES string of the molecule is COC(=O)C(N)(N)CCC(=O)OC(C)(C)C. The van der Waals surface area contributed by atoms with Gasteiger partial charge in [0.2, 0.25) is 0 Å². The maximum Gasteiger partial charge on any atom is 0.340 e. The number of methoxy groups -OCH3 is 1. The molecule has 94 valence electrons. The van der Waals surface area contributed by atoms with E-state index in [9.17, 15) is 9.59 Å². The van der Waals surface area contributed by atoms with Crippen LogP contribution in [0.3, 0.4) is 0 Å². The van der Waals surface area contributed by atoms with Gasteiger partial charge in [-0.1, -0.05) is 0 Å². The maximum atomic E-state index is 11.3. The lowest BCUT2D eigenvalue weighted by molar-refractivity contribution is -0.156. The number of carbonyl (C=O) groups excluding carboxylic acids is 2. The quantitative estimate of drug-likeness (QED) is 0.518. The number of esters is 2. The number of ether oxygens (including phenoxy) is 2. The van der Waals surface area contributed by atoms with E-state index < -0.39 is 23.2 Å². The first-order valence-corrected chi connectivity index (χ1v) is 4.96. The Hall–Kier alpha value is -1.14. The molecule has 0 radical (unpaired) electrons. The van der Waals surface area contributed by atoms with Crippen molar-refractivity contribution in [3.05, 3.63) is 0 Å². The molecule has 16 heavy (non-hydrogen) atoms. The van der Waals surface area contributed by atoms with Crippen molar-refractivity contribution in [3.8, 4) is 0 Å². The van der Waals surface area contributed by atoms with E-state index in [1.807, 2.05) is 0 Å². The second-order valence-corrected chi connectivity index (χ2v) is 4.62. The Kier molecular flexibility index (Phi) is 4.89. The van der Waals surface area contributed by atoms with Gasteiger partial charge in [0.05, 0.1) is 7.11 Å². The van der Waals surface area contributed by atoms with E-state index in [0.717, 1.165) is 0 Å². The summed E-state index contributed by atoms with van der Waals surface area (Å²) in [5, 5.41) is 0. The molecular formula is C10H20N2O4. The molecule has 4 N–H and O–H groups in total. The highest BCUT2D eigenvalue weighted by atomic mass is 16.6. The van der Waals surface area contributed by atoms with Crippen molar-refractivity contribution in [2.75, 3.05) is 7.11 Å². The summed E-state index contributed by atoms with van der Waals surface area (Å²) in [6, 6.07) is 0. The lowest BCUT2D eigenvalue weighted by Gasteiger charge is -2.23. The third-order valence-corrected chi connectivity index (χ3v) is 1.73. The normalized spacial score (nSPS) is 12.1. The summed E-state index contributed by atoms with van der Waals surface area (Å²) in [5.41, 5.74) is 8.75. The van der Waals surface area contributed by atoms with Crippen molar-refractivity contribution < 1.29 is 19.1 Å². The van der Waals surface area contributed by atoms with Crippen LogP contribution in [0.15, 0.2) is 0 Å². The minimum Gasteiger partial charge on any atom is -0.467 e. The highest BCUT2D eigenvalue weighted by molar-refractivity contribution is 5.80. The highest BCUT2D eigenvalue weighted by Crippen LogP contribution is 2.11. The van der Waals surface area contributed by atoms with E-state index >= 15 is 0 Å². The summed E-state index contributed by atoms with van der Waals surface area (Å²) in [6.07, 6.45) is -0.0477. The highest BCUT2D eigenvalue weighted by Gasteiger charge is 2.31. The predicted molar refractivity (Wildman–Crippen MR) is 58.2 cm³/mol. The van der Waals surface area contributed by atoms with Crippen molar-refractivity contribution in [1.82, 2.24) is 0 Å². The fourth-order valence-electron chi connectivity index (χ4n) is 0.994.